The number of urea groups is 1. The number of carbonyl (C=O) groups is 1. The third-order valence-electron chi connectivity index (χ3n) is 4.23. The highest BCUT2D eigenvalue weighted by atomic mass is 32.2. The van der Waals surface area contributed by atoms with Crippen LogP contribution in [0.1, 0.15) is 35.4 Å². The van der Waals surface area contributed by atoms with Crippen LogP contribution in [0.15, 0.2) is 48.5 Å². The van der Waals surface area contributed by atoms with Crippen molar-refractivity contribution in [2.24, 2.45) is 0 Å². The Labute approximate surface area is 154 Å². The highest BCUT2D eigenvalue weighted by molar-refractivity contribution is 7.88. The summed E-state index contributed by atoms with van der Waals surface area (Å²) in [6, 6.07) is 15.1. The molecule has 138 valence electrons. The van der Waals surface area contributed by atoms with Gasteiger partial charge in [0.25, 0.3) is 0 Å². The van der Waals surface area contributed by atoms with E-state index >= 15 is 0 Å². The van der Waals surface area contributed by atoms with E-state index < -0.39 is 10.0 Å². The molecule has 0 atom stereocenters. The van der Waals surface area contributed by atoms with E-state index in [0.717, 1.165) is 23.3 Å². The summed E-state index contributed by atoms with van der Waals surface area (Å²) in [7, 11) is -3.22. The third kappa shape index (κ3) is 5.86. The Morgan fingerprint density at radius 1 is 0.962 bits per heavy atom. The molecule has 2 aromatic rings. The van der Waals surface area contributed by atoms with Crippen LogP contribution in [0, 0.1) is 0 Å². The van der Waals surface area contributed by atoms with Gasteiger partial charge in [0.15, 0.2) is 0 Å². The molecule has 0 unspecified atom stereocenters. The second-order valence-corrected chi connectivity index (χ2v) is 8.45. The lowest BCUT2D eigenvalue weighted by Gasteiger charge is -2.09. The zero-order valence-electron chi connectivity index (χ0n) is 14.7. The first-order valence-electron chi connectivity index (χ1n) is 8.56. The Balaban J connectivity index is 1.45. The molecular formula is C19H23N3O3S. The van der Waals surface area contributed by atoms with Gasteiger partial charge in [-0.2, -0.15) is 0 Å². The van der Waals surface area contributed by atoms with Crippen molar-refractivity contribution in [3.8, 4) is 0 Å². The number of anilines is 1. The number of rotatable bonds is 7. The van der Waals surface area contributed by atoms with Gasteiger partial charge in [-0.15, -0.1) is 0 Å². The van der Waals surface area contributed by atoms with Gasteiger partial charge in [-0.1, -0.05) is 36.4 Å². The van der Waals surface area contributed by atoms with E-state index in [9.17, 15) is 13.2 Å². The van der Waals surface area contributed by atoms with Crippen molar-refractivity contribution >= 4 is 21.7 Å². The average molecular weight is 373 g/mol. The lowest BCUT2D eigenvalue weighted by Crippen LogP contribution is -2.28. The predicted octanol–water partition coefficient (Wildman–Crippen LogP) is 2.93. The lowest BCUT2D eigenvalue weighted by molar-refractivity contribution is 0.251. The van der Waals surface area contributed by atoms with Crippen LogP contribution >= 0.6 is 0 Å². The van der Waals surface area contributed by atoms with Gasteiger partial charge in [0.2, 0.25) is 10.0 Å². The summed E-state index contributed by atoms with van der Waals surface area (Å²) in [6.07, 6.45) is 3.68. The molecule has 0 saturated heterocycles. The normalized spacial score (nSPS) is 14.0. The van der Waals surface area contributed by atoms with Crippen molar-refractivity contribution in [2.45, 2.75) is 31.8 Å². The Morgan fingerprint density at radius 2 is 1.54 bits per heavy atom. The summed E-state index contributed by atoms with van der Waals surface area (Å²) in [4.78, 5) is 12.0. The number of hydrogen-bond donors (Lipinski definition) is 3. The molecule has 0 radical (unpaired) electrons. The maximum atomic E-state index is 12.0. The molecule has 1 aliphatic rings. The number of nitrogens with one attached hydrogen (secondary N) is 3. The molecule has 0 aliphatic heterocycles. The first-order chi connectivity index (χ1) is 12.4. The monoisotopic (exact) mass is 373 g/mol. The van der Waals surface area contributed by atoms with Crippen LogP contribution in [0.2, 0.25) is 0 Å². The van der Waals surface area contributed by atoms with Crippen molar-refractivity contribution in [1.29, 1.82) is 0 Å². The fourth-order valence-electron chi connectivity index (χ4n) is 2.60. The maximum absolute atomic E-state index is 12.0. The second-order valence-electron chi connectivity index (χ2n) is 6.61. The van der Waals surface area contributed by atoms with Gasteiger partial charge < -0.3 is 10.6 Å². The molecule has 1 aliphatic carbocycles. The summed E-state index contributed by atoms with van der Waals surface area (Å²) in [5.41, 5.74) is 3.90. The first kappa shape index (κ1) is 18.4. The third-order valence-corrected chi connectivity index (χ3v) is 4.90. The zero-order valence-corrected chi connectivity index (χ0v) is 15.5. The van der Waals surface area contributed by atoms with Crippen LogP contribution < -0.4 is 15.4 Å². The fourth-order valence-corrected chi connectivity index (χ4v) is 3.03. The standard InChI is InChI=1S/C19H23N3O3S/c1-26(24,25)21-13-15-4-10-18(11-5-15)22-19(23)20-12-14-2-6-16(7-3-14)17-8-9-17/h2-7,10-11,17,21H,8-9,12-13H2,1H3,(H2,20,22,23). The minimum absolute atomic E-state index is 0.224. The predicted molar refractivity (Wildman–Crippen MR) is 102 cm³/mol. The Kier molecular flexibility index (Phi) is 5.58. The van der Waals surface area contributed by atoms with E-state index in [-0.39, 0.29) is 12.6 Å². The topological polar surface area (TPSA) is 87.3 Å². The summed E-state index contributed by atoms with van der Waals surface area (Å²) < 4.78 is 24.6. The highest BCUT2D eigenvalue weighted by Gasteiger charge is 2.22. The molecule has 7 heteroatoms. The number of sulfonamides is 1. The van der Waals surface area contributed by atoms with Gasteiger partial charge in [-0.3, -0.25) is 0 Å². The summed E-state index contributed by atoms with van der Waals surface area (Å²) in [5.74, 6) is 0.732. The van der Waals surface area contributed by atoms with Crippen LogP contribution in [0.25, 0.3) is 0 Å². The molecule has 0 bridgehead atoms. The number of benzene rings is 2. The number of carbonyl (C=O) groups excluding carboxylic acids is 1. The summed E-state index contributed by atoms with van der Waals surface area (Å²) >= 11 is 0. The molecule has 0 heterocycles. The number of hydrogen-bond acceptors (Lipinski definition) is 3. The van der Waals surface area contributed by atoms with Gasteiger partial charge in [-0.25, -0.2) is 17.9 Å². The first-order valence-corrected chi connectivity index (χ1v) is 10.5. The largest absolute Gasteiger partial charge is 0.334 e. The molecule has 3 rings (SSSR count). The smallest absolute Gasteiger partial charge is 0.319 e. The minimum Gasteiger partial charge on any atom is -0.334 e. The van der Waals surface area contributed by atoms with E-state index in [1.165, 1.54) is 18.4 Å². The summed E-state index contributed by atoms with van der Waals surface area (Å²) in [5, 5.41) is 5.59. The van der Waals surface area contributed by atoms with Gasteiger partial charge in [0, 0.05) is 18.8 Å². The van der Waals surface area contributed by atoms with Crippen molar-refractivity contribution in [3.63, 3.8) is 0 Å². The lowest BCUT2D eigenvalue weighted by atomic mass is 10.1. The van der Waals surface area contributed by atoms with Gasteiger partial charge in [0.05, 0.1) is 6.26 Å². The quantitative estimate of drug-likeness (QED) is 0.697. The molecule has 1 saturated carbocycles. The minimum atomic E-state index is -3.22. The Bertz CT molecular complexity index is 858. The molecule has 3 N–H and O–H groups in total. The van der Waals surface area contributed by atoms with Crippen molar-refractivity contribution in [1.82, 2.24) is 10.0 Å². The van der Waals surface area contributed by atoms with E-state index in [0.29, 0.717) is 12.2 Å². The van der Waals surface area contributed by atoms with E-state index in [1.54, 1.807) is 24.3 Å². The molecular weight excluding hydrogens is 350 g/mol. The average Bonchev–Trinajstić information content (AvgIpc) is 3.44. The van der Waals surface area contributed by atoms with Gasteiger partial charge in [-0.05, 0) is 47.6 Å². The Morgan fingerprint density at radius 3 is 2.12 bits per heavy atom. The molecule has 1 fully saturated rings. The van der Waals surface area contributed by atoms with Crippen LogP contribution in [0.4, 0.5) is 10.5 Å². The van der Waals surface area contributed by atoms with E-state index in [2.05, 4.69) is 39.6 Å². The summed E-state index contributed by atoms with van der Waals surface area (Å²) in [6.45, 7) is 0.690. The van der Waals surface area contributed by atoms with E-state index in [1.807, 2.05) is 0 Å². The van der Waals surface area contributed by atoms with Gasteiger partial charge in [0.1, 0.15) is 0 Å². The SMILES string of the molecule is CS(=O)(=O)NCc1ccc(NC(=O)NCc2ccc(C3CC3)cc2)cc1. The van der Waals surface area contributed by atoms with Crippen LogP contribution in [-0.4, -0.2) is 20.7 Å². The fraction of sp³-hybridized carbons (Fsp3) is 0.316. The molecule has 0 aromatic heterocycles. The molecule has 0 spiro atoms. The Hall–Kier alpha value is -2.38. The molecule has 2 aromatic carbocycles. The maximum Gasteiger partial charge on any atom is 0.319 e. The molecule has 6 nitrogen and oxygen atoms in total. The van der Waals surface area contributed by atoms with Crippen LogP contribution in [0.5, 0.6) is 0 Å². The van der Waals surface area contributed by atoms with Crippen molar-refractivity contribution < 1.29 is 13.2 Å². The van der Waals surface area contributed by atoms with Crippen molar-refractivity contribution in [3.05, 3.63) is 65.2 Å². The van der Waals surface area contributed by atoms with E-state index in [4.69, 9.17) is 0 Å². The van der Waals surface area contributed by atoms with Crippen LogP contribution in [0.3, 0.4) is 0 Å². The van der Waals surface area contributed by atoms with Crippen molar-refractivity contribution in [2.75, 3.05) is 11.6 Å². The molecule has 2 amide bonds. The number of amides is 2. The van der Waals surface area contributed by atoms with Crippen LogP contribution in [-0.2, 0) is 23.1 Å². The second kappa shape index (κ2) is 7.88. The highest BCUT2D eigenvalue weighted by Crippen LogP contribution is 2.39. The molecule has 26 heavy (non-hydrogen) atoms. The van der Waals surface area contributed by atoms with Gasteiger partial charge >= 0.3 is 6.03 Å². The zero-order chi connectivity index (χ0) is 18.6.